The van der Waals surface area contributed by atoms with Crippen molar-refractivity contribution in [1.29, 1.82) is 0 Å². The summed E-state index contributed by atoms with van der Waals surface area (Å²) in [5, 5.41) is 6.96. The Kier molecular flexibility index (Phi) is 6.07. The van der Waals surface area contributed by atoms with Gasteiger partial charge < -0.3 is 10.6 Å². The van der Waals surface area contributed by atoms with Gasteiger partial charge in [-0.3, -0.25) is 0 Å². The van der Waals surface area contributed by atoms with Crippen LogP contribution in [0, 0.1) is 5.92 Å². The second-order valence-corrected chi connectivity index (χ2v) is 6.31. The van der Waals surface area contributed by atoms with Crippen molar-refractivity contribution in [3.05, 3.63) is 10.8 Å². The van der Waals surface area contributed by atoms with Crippen molar-refractivity contribution in [2.24, 2.45) is 5.92 Å². The maximum atomic E-state index is 4.40. The smallest absolute Gasteiger partial charge is 0.146 e. The maximum absolute atomic E-state index is 4.40. The zero-order valence-corrected chi connectivity index (χ0v) is 14.0. The van der Waals surface area contributed by atoms with Gasteiger partial charge in [0.25, 0.3) is 0 Å². The molecule has 5 heteroatoms. The van der Waals surface area contributed by atoms with E-state index >= 15 is 0 Å². The molecule has 1 fully saturated rings. The summed E-state index contributed by atoms with van der Waals surface area (Å²) in [5.74, 6) is 2.56. The summed E-state index contributed by atoms with van der Waals surface area (Å²) in [6.45, 7) is 5.36. The molecule has 0 amide bonds. The topological polar surface area (TPSA) is 49.8 Å². The fourth-order valence-corrected chi connectivity index (χ4v) is 3.36. The maximum Gasteiger partial charge on any atom is 0.146 e. The van der Waals surface area contributed by atoms with Crippen LogP contribution >= 0.6 is 15.9 Å². The molecule has 0 radical (unpaired) electrons. The first-order valence-electron chi connectivity index (χ1n) is 7.77. The molecule has 1 aromatic heterocycles. The number of hydrogen-bond donors (Lipinski definition) is 2. The quantitative estimate of drug-likeness (QED) is 0.803. The second kappa shape index (κ2) is 7.81. The summed E-state index contributed by atoms with van der Waals surface area (Å²) < 4.78 is 0.953. The van der Waals surface area contributed by atoms with Crippen molar-refractivity contribution in [2.75, 3.05) is 17.2 Å². The molecule has 0 aromatic carbocycles. The highest BCUT2D eigenvalue weighted by Gasteiger charge is 2.24. The Balaban J connectivity index is 2.08. The highest BCUT2D eigenvalue weighted by molar-refractivity contribution is 9.10. The summed E-state index contributed by atoms with van der Waals surface area (Å²) in [5.41, 5.74) is 0. The lowest BCUT2D eigenvalue weighted by molar-refractivity contribution is 0.316. The normalized spacial score (nSPS) is 22.6. The highest BCUT2D eigenvalue weighted by Crippen LogP contribution is 2.32. The van der Waals surface area contributed by atoms with Gasteiger partial charge in [0.1, 0.15) is 22.4 Å². The first-order valence-corrected chi connectivity index (χ1v) is 8.56. The predicted octanol–water partition coefficient (Wildman–Crippen LogP) is 4.44. The first-order chi connectivity index (χ1) is 9.76. The van der Waals surface area contributed by atoms with Gasteiger partial charge in [-0.2, -0.15) is 0 Å². The molecule has 2 N–H and O–H groups in total. The number of nitrogens with one attached hydrogen (secondary N) is 2. The molecule has 1 saturated carbocycles. The summed E-state index contributed by atoms with van der Waals surface area (Å²) in [7, 11) is 0. The summed E-state index contributed by atoms with van der Waals surface area (Å²) in [6, 6.07) is 0.541. The monoisotopic (exact) mass is 340 g/mol. The molecule has 1 aromatic rings. The van der Waals surface area contributed by atoms with Crippen molar-refractivity contribution in [3.63, 3.8) is 0 Å². The van der Waals surface area contributed by atoms with Crippen LogP contribution in [0.25, 0.3) is 0 Å². The second-order valence-electron chi connectivity index (χ2n) is 5.52. The van der Waals surface area contributed by atoms with Crippen molar-refractivity contribution in [3.8, 4) is 0 Å². The van der Waals surface area contributed by atoms with E-state index < -0.39 is 0 Å². The third-order valence-electron chi connectivity index (χ3n) is 4.09. The van der Waals surface area contributed by atoms with Crippen LogP contribution in [-0.4, -0.2) is 22.6 Å². The van der Waals surface area contributed by atoms with Crippen LogP contribution in [0.3, 0.4) is 0 Å². The van der Waals surface area contributed by atoms with Crippen LogP contribution < -0.4 is 10.6 Å². The summed E-state index contributed by atoms with van der Waals surface area (Å²) in [6.07, 6.45) is 9.21. The van der Waals surface area contributed by atoms with Crippen LogP contribution in [0.4, 0.5) is 11.6 Å². The van der Waals surface area contributed by atoms with Crippen molar-refractivity contribution in [1.82, 2.24) is 9.97 Å². The largest absolute Gasteiger partial charge is 0.369 e. The molecule has 0 bridgehead atoms. The van der Waals surface area contributed by atoms with Crippen molar-refractivity contribution >= 4 is 27.6 Å². The molecule has 0 saturated heterocycles. The van der Waals surface area contributed by atoms with Crippen molar-refractivity contribution in [2.45, 2.75) is 58.4 Å². The van der Waals surface area contributed by atoms with E-state index in [4.69, 9.17) is 0 Å². The third kappa shape index (κ3) is 3.84. The molecule has 2 atom stereocenters. The number of aromatic nitrogens is 2. The summed E-state index contributed by atoms with van der Waals surface area (Å²) in [4.78, 5) is 8.70. The van der Waals surface area contributed by atoms with E-state index in [0.29, 0.717) is 6.04 Å². The van der Waals surface area contributed by atoms with Gasteiger partial charge >= 0.3 is 0 Å². The molecule has 0 spiro atoms. The number of nitrogens with zero attached hydrogens (tertiary/aromatic N) is 2. The van der Waals surface area contributed by atoms with Gasteiger partial charge in [0, 0.05) is 12.6 Å². The van der Waals surface area contributed by atoms with Crippen LogP contribution in [0.1, 0.15) is 52.4 Å². The van der Waals surface area contributed by atoms with Crippen molar-refractivity contribution < 1.29 is 0 Å². The van der Waals surface area contributed by atoms with Gasteiger partial charge in [0.15, 0.2) is 0 Å². The highest BCUT2D eigenvalue weighted by atomic mass is 79.9. The number of rotatable bonds is 6. The van der Waals surface area contributed by atoms with Gasteiger partial charge in [-0.05, 0) is 41.1 Å². The molecule has 4 nitrogen and oxygen atoms in total. The van der Waals surface area contributed by atoms with Gasteiger partial charge in [-0.15, -0.1) is 0 Å². The Morgan fingerprint density at radius 1 is 1.20 bits per heavy atom. The van der Waals surface area contributed by atoms with Crippen LogP contribution in [-0.2, 0) is 0 Å². The van der Waals surface area contributed by atoms with Crippen LogP contribution in [0.15, 0.2) is 10.8 Å². The predicted molar refractivity (Wildman–Crippen MR) is 88.2 cm³/mol. The number of anilines is 2. The van der Waals surface area contributed by atoms with E-state index in [0.717, 1.165) is 35.0 Å². The van der Waals surface area contributed by atoms with Gasteiger partial charge in [-0.1, -0.05) is 33.1 Å². The lowest BCUT2D eigenvalue weighted by atomic mass is 9.83. The van der Waals surface area contributed by atoms with E-state index in [1.54, 1.807) is 6.33 Å². The lowest BCUT2D eigenvalue weighted by Gasteiger charge is -2.32. The summed E-state index contributed by atoms with van der Waals surface area (Å²) >= 11 is 3.63. The minimum absolute atomic E-state index is 0.541. The fourth-order valence-electron chi connectivity index (χ4n) is 2.90. The molecular formula is C15H25BrN4. The Labute approximate surface area is 130 Å². The molecule has 112 valence electrons. The average Bonchev–Trinajstić information content (AvgIpc) is 2.48. The van der Waals surface area contributed by atoms with E-state index in [9.17, 15) is 0 Å². The standard InChI is InChI=1S/C15H25BrN4/c1-3-9-17-14-13(16)15(19-10-18-14)20-12-8-6-5-7-11(12)4-2/h10-12H,3-9H2,1-2H3,(H2,17,18,19,20). The SMILES string of the molecule is CCCNc1ncnc(NC2CCCCC2CC)c1Br. The van der Waals surface area contributed by atoms with Gasteiger partial charge in [-0.25, -0.2) is 9.97 Å². The van der Waals surface area contributed by atoms with Gasteiger partial charge in [0.05, 0.1) is 0 Å². The Hall–Kier alpha value is -0.840. The Morgan fingerprint density at radius 3 is 2.70 bits per heavy atom. The zero-order chi connectivity index (χ0) is 14.4. The lowest BCUT2D eigenvalue weighted by Crippen LogP contribution is -2.32. The zero-order valence-electron chi connectivity index (χ0n) is 12.5. The van der Waals surface area contributed by atoms with E-state index in [1.807, 2.05) is 0 Å². The van der Waals surface area contributed by atoms with Crippen LogP contribution in [0.5, 0.6) is 0 Å². The molecule has 20 heavy (non-hydrogen) atoms. The molecular weight excluding hydrogens is 316 g/mol. The van der Waals surface area contributed by atoms with Gasteiger partial charge in [0.2, 0.25) is 0 Å². The average molecular weight is 341 g/mol. The Morgan fingerprint density at radius 2 is 1.95 bits per heavy atom. The molecule has 1 heterocycles. The minimum atomic E-state index is 0.541. The van der Waals surface area contributed by atoms with E-state index in [2.05, 4.69) is 50.4 Å². The Bertz CT molecular complexity index is 424. The molecule has 0 aliphatic heterocycles. The first kappa shape index (κ1) is 15.5. The number of hydrogen-bond acceptors (Lipinski definition) is 4. The van der Waals surface area contributed by atoms with Crippen LogP contribution in [0.2, 0.25) is 0 Å². The molecule has 1 aliphatic carbocycles. The third-order valence-corrected chi connectivity index (χ3v) is 4.84. The van der Waals surface area contributed by atoms with E-state index in [-0.39, 0.29) is 0 Å². The van der Waals surface area contributed by atoms with E-state index in [1.165, 1.54) is 32.1 Å². The number of halogens is 1. The minimum Gasteiger partial charge on any atom is -0.369 e. The molecule has 1 aliphatic rings. The molecule has 2 rings (SSSR count). The molecule has 2 unspecified atom stereocenters. The fraction of sp³-hybridized carbons (Fsp3) is 0.733.